The third-order valence-corrected chi connectivity index (χ3v) is 4.72. The van der Waals surface area contributed by atoms with Crippen molar-refractivity contribution in [3.8, 4) is 5.75 Å². The van der Waals surface area contributed by atoms with Gasteiger partial charge < -0.3 is 15.6 Å². The van der Waals surface area contributed by atoms with Gasteiger partial charge in [-0.25, -0.2) is 4.79 Å². The van der Waals surface area contributed by atoms with Gasteiger partial charge in [0.1, 0.15) is 11.3 Å². The monoisotopic (exact) mass is 301 g/mol. The molecular weight excluding hydrogens is 286 g/mol. The van der Waals surface area contributed by atoms with Crippen LogP contribution in [-0.4, -0.2) is 23.4 Å². The molecule has 3 N–H and O–H groups in total. The molecule has 1 aliphatic rings. The maximum absolute atomic E-state index is 11.2. The van der Waals surface area contributed by atoms with Crippen LogP contribution in [0, 0.1) is 0 Å². The fraction of sp³-hybridized carbons (Fsp3) is 0.188. The third kappa shape index (κ3) is 2.83. The molecule has 2 aromatic carbocycles. The summed E-state index contributed by atoms with van der Waals surface area (Å²) >= 11 is 1.81. The lowest BCUT2D eigenvalue weighted by molar-refractivity contribution is 0.0692. The number of benzene rings is 2. The summed E-state index contributed by atoms with van der Waals surface area (Å²) in [4.78, 5) is 12.5. The highest BCUT2D eigenvalue weighted by Gasteiger charge is 2.24. The van der Waals surface area contributed by atoms with Crippen molar-refractivity contribution in [1.29, 1.82) is 0 Å². The van der Waals surface area contributed by atoms with Gasteiger partial charge in [0, 0.05) is 22.3 Å². The lowest BCUT2D eigenvalue weighted by atomic mass is 10.0. The van der Waals surface area contributed by atoms with Crippen molar-refractivity contribution in [3.63, 3.8) is 0 Å². The van der Waals surface area contributed by atoms with Crippen LogP contribution in [0.2, 0.25) is 0 Å². The van der Waals surface area contributed by atoms with Gasteiger partial charge in [0.2, 0.25) is 0 Å². The summed E-state index contributed by atoms with van der Waals surface area (Å²) in [6.45, 7) is 0.466. The predicted molar refractivity (Wildman–Crippen MR) is 83.2 cm³/mol. The van der Waals surface area contributed by atoms with Gasteiger partial charge in [0.25, 0.3) is 0 Å². The van der Waals surface area contributed by atoms with Crippen molar-refractivity contribution < 1.29 is 14.6 Å². The number of carbonyl (C=O) groups is 1. The molecule has 4 nitrogen and oxygen atoms in total. The van der Waals surface area contributed by atoms with Crippen molar-refractivity contribution in [2.45, 2.75) is 10.8 Å². The minimum Gasteiger partial charge on any atom is -0.492 e. The number of nitrogens with two attached hydrogens (primary N) is 1. The fourth-order valence-electron chi connectivity index (χ4n) is 2.40. The van der Waals surface area contributed by atoms with E-state index >= 15 is 0 Å². The third-order valence-electron chi connectivity index (χ3n) is 3.47. The van der Waals surface area contributed by atoms with Crippen LogP contribution in [0.25, 0.3) is 0 Å². The molecule has 2 aromatic rings. The Labute approximate surface area is 126 Å². The molecule has 1 atom stereocenters. The van der Waals surface area contributed by atoms with E-state index in [9.17, 15) is 9.90 Å². The fourth-order valence-corrected chi connectivity index (χ4v) is 3.63. The molecule has 1 unspecified atom stereocenters. The van der Waals surface area contributed by atoms with E-state index in [2.05, 4.69) is 12.1 Å². The number of rotatable bonds is 4. The van der Waals surface area contributed by atoms with Gasteiger partial charge in [-0.3, -0.25) is 0 Å². The van der Waals surface area contributed by atoms with Crippen LogP contribution in [0.3, 0.4) is 0 Å². The molecular formula is C16H15NO3S. The first-order valence-electron chi connectivity index (χ1n) is 6.62. The summed E-state index contributed by atoms with van der Waals surface area (Å²) < 4.78 is 5.74. The summed E-state index contributed by atoms with van der Waals surface area (Å²) in [5.74, 6) is 0.575. The smallest absolute Gasteiger partial charge is 0.339 e. The first-order valence-corrected chi connectivity index (χ1v) is 7.61. The van der Waals surface area contributed by atoms with Crippen molar-refractivity contribution in [2.75, 3.05) is 18.1 Å². The Morgan fingerprint density at radius 3 is 2.95 bits per heavy atom. The minimum atomic E-state index is -1.03. The summed E-state index contributed by atoms with van der Waals surface area (Å²) in [5.41, 5.74) is 7.42. The Bertz CT molecular complexity index is 687. The highest BCUT2D eigenvalue weighted by Crippen LogP contribution is 2.39. The maximum atomic E-state index is 11.2. The van der Waals surface area contributed by atoms with Gasteiger partial charge in [0.15, 0.2) is 0 Å². The van der Waals surface area contributed by atoms with Gasteiger partial charge in [-0.1, -0.05) is 18.2 Å². The largest absolute Gasteiger partial charge is 0.492 e. The zero-order valence-electron chi connectivity index (χ0n) is 11.3. The molecule has 1 heterocycles. The Morgan fingerprint density at radius 1 is 1.33 bits per heavy atom. The molecule has 3 rings (SSSR count). The van der Waals surface area contributed by atoms with Crippen LogP contribution in [0.5, 0.6) is 5.75 Å². The highest BCUT2D eigenvalue weighted by atomic mass is 32.2. The Balaban J connectivity index is 1.76. The zero-order valence-corrected chi connectivity index (χ0v) is 12.1. The van der Waals surface area contributed by atoms with E-state index in [-0.39, 0.29) is 11.5 Å². The molecule has 5 heteroatoms. The summed E-state index contributed by atoms with van der Waals surface area (Å²) in [6, 6.07) is 12.9. The minimum absolute atomic E-state index is 0.105. The average molecular weight is 301 g/mol. The number of hydrogen-bond acceptors (Lipinski definition) is 4. The molecule has 1 aliphatic heterocycles. The van der Waals surface area contributed by atoms with Crippen molar-refractivity contribution in [2.24, 2.45) is 0 Å². The number of thioether (sulfide) groups is 1. The second-order valence-corrected chi connectivity index (χ2v) is 5.98. The number of fused-ring (bicyclic) bond motifs is 1. The number of anilines is 1. The van der Waals surface area contributed by atoms with Crippen LogP contribution < -0.4 is 10.5 Å². The van der Waals surface area contributed by atoms with Gasteiger partial charge in [-0.05, 0) is 29.8 Å². The van der Waals surface area contributed by atoms with E-state index < -0.39 is 5.97 Å². The quantitative estimate of drug-likeness (QED) is 0.848. The second kappa shape index (κ2) is 5.69. The number of carboxylic acids is 1. The topological polar surface area (TPSA) is 72.5 Å². The van der Waals surface area contributed by atoms with E-state index in [1.165, 1.54) is 16.5 Å². The molecule has 0 aliphatic carbocycles. The normalized spacial score (nSPS) is 16.5. The lowest BCUT2D eigenvalue weighted by Gasteiger charge is -2.14. The Kier molecular flexibility index (Phi) is 3.75. The first-order chi connectivity index (χ1) is 10.1. The molecule has 0 aromatic heterocycles. The molecule has 0 saturated carbocycles. The predicted octanol–water partition coefficient (Wildman–Crippen LogP) is 3.24. The number of nitrogen functional groups attached to an aromatic ring is 1. The van der Waals surface area contributed by atoms with E-state index in [0.717, 1.165) is 5.75 Å². The molecule has 108 valence electrons. The Morgan fingerprint density at radius 2 is 2.14 bits per heavy atom. The highest BCUT2D eigenvalue weighted by molar-refractivity contribution is 7.99. The number of ether oxygens (including phenoxy) is 1. The molecule has 0 saturated heterocycles. The summed E-state index contributed by atoms with van der Waals surface area (Å²) in [6.07, 6.45) is 0. The first kappa shape index (κ1) is 13.8. The SMILES string of the molecule is Nc1ccc(OCC2CSc3ccccc32)c(C(=O)O)c1. The van der Waals surface area contributed by atoms with Crippen LogP contribution in [0.15, 0.2) is 47.4 Å². The van der Waals surface area contributed by atoms with Crippen LogP contribution >= 0.6 is 11.8 Å². The number of aromatic carboxylic acids is 1. The molecule has 0 amide bonds. The molecule has 0 bridgehead atoms. The van der Waals surface area contributed by atoms with Crippen LogP contribution in [0.1, 0.15) is 21.8 Å². The van der Waals surface area contributed by atoms with E-state index in [0.29, 0.717) is 18.0 Å². The number of hydrogen-bond donors (Lipinski definition) is 2. The van der Waals surface area contributed by atoms with E-state index in [4.69, 9.17) is 10.5 Å². The second-order valence-electron chi connectivity index (χ2n) is 4.92. The average Bonchev–Trinajstić information content (AvgIpc) is 2.89. The summed E-state index contributed by atoms with van der Waals surface area (Å²) in [7, 11) is 0. The van der Waals surface area contributed by atoms with Gasteiger partial charge in [-0.2, -0.15) is 0 Å². The van der Waals surface area contributed by atoms with Crippen molar-refractivity contribution in [1.82, 2.24) is 0 Å². The van der Waals surface area contributed by atoms with Crippen molar-refractivity contribution >= 4 is 23.4 Å². The Hall–Kier alpha value is -2.14. The van der Waals surface area contributed by atoms with Gasteiger partial charge in [0.05, 0.1) is 6.61 Å². The van der Waals surface area contributed by atoms with E-state index in [1.54, 1.807) is 12.1 Å². The zero-order chi connectivity index (χ0) is 14.8. The number of carboxylic acid groups (broad SMARTS) is 1. The van der Waals surface area contributed by atoms with Crippen LogP contribution in [-0.2, 0) is 0 Å². The van der Waals surface area contributed by atoms with E-state index in [1.807, 2.05) is 23.9 Å². The molecule has 0 radical (unpaired) electrons. The molecule has 21 heavy (non-hydrogen) atoms. The lowest BCUT2D eigenvalue weighted by Crippen LogP contribution is -2.12. The molecule has 0 spiro atoms. The van der Waals surface area contributed by atoms with Gasteiger partial charge in [-0.15, -0.1) is 11.8 Å². The van der Waals surface area contributed by atoms with Crippen LogP contribution in [0.4, 0.5) is 5.69 Å². The standard InChI is InChI=1S/C16H15NO3S/c17-11-5-6-14(13(7-11)16(18)19)20-8-10-9-21-15-4-2-1-3-12(10)15/h1-7,10H,8-9,17H2,(H,18,19). The van der Waals surface area contributed by atoms with Gasteiger partial charge >= 0.3 is 5.97 Å². The molecule has 0 fully saturated rings. The maximum Gasteiger partial charge on any atom is 0.339 e. The summed E-state index contributed by atoms with van der Waals surface area (Å²) in [5, 5.41) is 9.20. The van der Waals surface area contributed by atoms with Crippen molar-refractivity contribution in [3.05, 3.63) is 53.6 Å².